The number of hydrogen-bond donors (Lipinski definition) is 3. The third-order valence-corrected chi connectivity index (χ3v) is 10.6. The van der Waals surface area contributed by atoms with E-state index in [0.717, 1.165) is 82.7 Å². The van der Waals surface area contributed by atoms with Gasteiger partial charge in [0.05, 0.1) is 17.3 Å². The second-order valence-corrected chi connectivity index (χ2v) is 15.4. The van der Waals surface area contributed by atoms with Gasteiger partial charge in [-0.3, -0.25) is 9.59 Å². The van der Waals surface area contributed by atoms with Gasteiger partial charge in [-0.2, -0.15) is 5.10 Å². The van der Waals surface area contributed by atoms with Crippen LogP contribution in [-0.2, 0) is 37.3 Å². The largest absolute Gasteiger partial charge is 0.381 e. The maximum Gasteiger partial charge on any atom is 0.251 e. The van der Waals surface area contributed by atoms with Crippen LogP contribution in [0.1, 0.15) is 75.4 Å². The number of aryl methyl sites for hydroxylation is 3. The molecule has 12 heteroatoms. The summed E-state index contributed by atoms with van der Waals surface area (Å²) in [5.41, 5.74) is 9.37. The summed E-state index contributed by atoms with van der Waals surface area (Å²) in [5, 5.41) is 16.1. The number of anilines is 1. The van der Waals surface area contributed by atoms with Gasteiger partial charge >= 0.3 is 0 Å². The number of carbonyl (C=O) groups is 2. The number of ether oxygens (including phenoxy) is 1. The molecule has 5 aromatic rings. The second kappa shape index (κ2) is 18.9. The van der Waals surface area contributed by atoms with Crippen molar-refractivity contribution in [3.63, 3.8) is 0 Å². The molecule has 11 nitrogen and oxygen atoms in total. The molecule has 0 bridgehead atoms. The van der Waals surface area contributed by atoms with Crippen LogP contribution >= 0.6 is 11.6 Å². The standard InChI is InChI=1S/C44H55ClN8O3/c1-7-40-37(41(49-35-14-18-56-19-15-35)38-27-48-53(8-2)42(38)50-40)26-47-44(55)34-21-29(3)20-33(24-34)43(54)46-25-30-12-13-39(45)36(23-30)32-11-9-10-31(22-32)28-52(6)17-16-51(4)5/h9-13,20-24,27,35H,7-8,14-19,25-26,28H2,1-6H3,(H,46,54)(H,47,55)(H,49,50). The van der Waals surface area contributed by atoms with Gasteiger partial charge in [0.15, 0.2) is 5.65 Å². The quantitative estimate of drug-likeness (QED) is 0.0974. The van der Waals surface area contributed by atoms with Gasteiger partial charge in [-0.1, -0.05) is 42.8 Å². The second-order valence-electron chi connectivity index (χ2n) is 15.0. The molecule has 6 rings (SSSR count). The Balaban J connectivity index is 1.14. The molecule has 1 aliphatic rings. The zero-order valence-electron chi connectivity index (χ0n) is 33.5. The maximum absolute atomic E-state index is 13.8. The van der Waals surface area contributed by atoms with E-state index in [0.29, 0.717) is 48.9 Å². The minimum absolute atomic E-state index is 0.247. The SMILES string of the molecule is CCc1nc2c(cnn2CC)c(NC2CCOCC2)c1CNC(=O)c1cc(C)cc(C(=O)NCc2ccc(Cl)c(-c3cccc(CN(C)CCN(C)C)c3)c2)c1. The first-order chi connectivity index (χ1) is 27.0. The minimum Gasteiger partial charge on any atom is -0.381 e. The van der Waals surface area contributed by atoms with E-state index >= 15 is 0 Å². The van der Waals surface area contributed by atoms with Gasteiger partial charge in [0.2, 0.25) is 0 Å². The van der Waals surface area contributed by atoms with Gasteiger partial charge in [0.25, 0.3) is 11.8 Å². The molecule has 0 radical (unpaired) electrons. The summed E-state index contributed by atoms with van der Waals surface area (Å²) in [6.07, 6.45) is 4.36. The Bertz CT molecular complexity index is 2160. The number of aromatic nitrogens is 3. The molecule has 2 aromatic heterocycles. The van der Waals surface area contributed by atoms with Crippen molar-refractivity contribution in [3.05, 3.63) is 111 Å². The number of fused-ring (bicyclic) bond motifs is 1. The fraction of sp³-hybridized carbons (Fsp3) is 0.409. The van der Waals surface area contributed by atoms with Gasteiger partial charge in [-0.05, 0) is 113 Å². The Morgan fingerprint density at radius 1 is 0.911 bits per heavy atom. The van der Waals surface area contributed by atoms with Crippen LogP contribution in [0.3, 0.4) is 0 Å². The minimum atomic E-state index is -0.264. The highest BCUT2D eigenvalue weighted by Gasteiger charge is 2.23. The predicted molar refractivity (Wildman–Crippen MR) is 225 cm³/mol. The monoisotopic (exact) mass is 778 g/mol. The third-order valence-electron chi connectivity index (χ3n) is 10.3. The molecule has 3 N–H and O–H groups in total. The highest BCUT2D eigenvalue weighted by molar-refractivity contribution is 6.33. The average Bonchev–Trinajstić information content (AvgIpc) is 3.62. The number of halogens is 1. The lowest BCUT2D eigenvalue weighted by atomic mass is 10.0. The van der Waals surface area contributed by atoms with E-state index in [1.54, 1.807) is 18.2 Å². The number of likely N-dealkylation sites (N-methyl/N-ethyl adjacent to an activating group) is 2. The first-order valence-electron chi connectivity index (χ1n) is 19.6. The molecule has 0 unspecified atom stereocenters. The summed E-state index contributed by atoms with van der Waals surface area (Å²) in [5.74, 6) is -0.527. The summed E-state index contributed by atoms with van der Waals surface area (Å²) in [7, 11) is 6.29. The van der Waals surface area contributed by atoms with Crippen LogP contribution < -0.4 is 16.0 Å². The van der Waals surface area contributed by atoms with Crippen LogP contribution in [0.4, 0.5) is 5.69 Å². The van der Waals surface area contributed by atoms with E-state index in [9.17, 15) is 9.59 Å². The molecule has 3 aromatic carbocycles. The molecule has 56 heavy (non-hydrogen) atoms. The number of amides is 2. The molecular formula is C44H55ClN8O3. The van der Waals surface area contributed by atoms with E-state index in [1.807, 2.05) is 36.0 Å². The Morgan fingerprint density at radius 2 is 1.64 bits per heavy atom. The fourth-order valence-corrected chi connectivity index (χ4v) is 7.43. The molecule has 0 atom stereocenters. The lowest BCUT2D eigenvalue weighted by Gasteiger charge is -2.26. The highest BCUT2D eigenvalue weighted by Crippen LogP contribution is 2.32. The van der Waals surface area contributed by atoms with Gasteiger partial charge < -0.3 is 30.5 Å². The summed E-state index contributed by atoms with van der Waals surface area (Å²) < 4.78 is 7.52. The molecule has 1 fully saturated rings. The highest BCUT2D eigenvalue weighted by atomic mass is 35.5. The van der Waals surface area contributed by atoms with Crippen molar-refractivity contribution < 1.29 is 14.3 Å². The number of nitrogens with one attached hydrogen (secondary N) is 3. The lowest BCUT2D eigenvalue weighted by Crippen LogP contribution is -2.30. The third kappa shape index (κ3) is 10.1. The summed E-state index contributed by atoms with van der Waals surface area (Å²) >= 11 is 6.71. The number of nitrogens with zero attached hydrogens (tertiary/aromatic N) is 5. The predicted octanol–water partition coefficient (Wildman–Crippen LogP) is 7.09. The maximum atomic E-state index is 13.8. The summed E-state index contributed by atoms with van der Waals surface area (Å²) in [6, 6.07) is 19.8. The van der Waals surface area contributed by atoms with Crippen molar-refractivity contribution >= 4 is 40.1 Å². The van der Waals surface area contributed by atoms with Crippen molar-refractivity contribution in [2.24, 2.45) is 0 Å². The van der Waals surface area contributed by atoms with Crippen LogP contribution in [0.25, 0.3) is 22.2 Å². The molecule has 0 saturated carbocycles. The van der Waals surface area contributed by atoms with Crippen LogP contribution in [0, 0.1) is 6.92 Å². The average molecular weight is 779 g/mol. The molecule has 296 valence electrons. The molecule has 1 aliphatic heterocycles. The van der Waals surface area contributed by atoms with E-state index in [1.165, 1.54) is 5.56 Å². The van der Waals surface area contributed by atoms with E-state index in [-0.39, 0.29) is 24.4 Å². The number of hydrogen-bond acceptors (Lipinski definition) is 8. The molecular weight excluding hydrogens is 724 g/mol. The van der Waals surface area contributed by atoms with E-state index in [4.69, 9.17) is 21.3 Å². The van der Waals surface area contributed by atoms with Crippen molar-refractivity contribution in [3.8, 4) is 11.1 Å². The van der Waals surface area contributed by atoms with Gasteiger partial charge in [0, 0.05) is 91.5 Å². The topological polar surface area (TPSA) is 117 Å². The number of pyridine rings is 1. The van der Waals surface area contributed by atoms with E-state index in [2.05, 4.69) is 90.1 Å². The first-order valence-corrected chi connectivity index (χ1v) is 20.0. The van der Waals surface area contributed by atoms with Crippen molar-refractivity contribution in [2.75, 3.05) is 52.8 Å². The van der Waals surface area contributed by atoms with Crippen molar-refractivity contribution in [1.29, 1.82) is 0 Å². The lowest BCUT2D eigenvalue weighted by molar-refractivity contribution is 0.0904. The van der Waals surface area contributed by atoms with Gasteiger partial charge in [0.1, 0.15) is 0 Å². The van der Waals surface area contributed by atoms with Crippen molar-refractivity contribution in [2.45, 2.75) is 72.3 Å². The number of carbonyl (C=O) groups excluding carboxylic acids is 2. The first kappa shape index (κ1) is 40.8. The fourth-order valence-electron chi connectivity index (χ4n) is 7.20. The van der Waals surface area contributed by atoms with Crippen LogP contribution in [-0.4, -0.2) is 89.9 Å². The molecule has 2 amide bonds. The normalized spacial score (nSPS) is 13.4. The summed E-state index contributed by atoms with van der Waals surface area (Å²) in [4.78, 5) is 36.8. The van der Waals surface area contributed by atoms with Gasteiger partial charge in [-0.25, -0.2) is 9.67 Å². The van der Waals surface area contributed by atoms with Gasteiger partial charge in [-0.15, -0.1) is 0 Å². The molecule has 1 saturated heterocycles. The molecule has 0 spiro atoms. The Labute approximate surface area is 335 Å². The zero-order valence-corrected chi connectivity index (χ0v) is 34.3. The number of rotatable bonds is 16. The smallest absolute Gasteiger partial charge is 0.251 e. The molecule has 3 heterocycles. The van der Waals surface area contributed by atoms with Crippen LogP contribution in [0.2, 0.25) is 5.02 Å². The Hall–Kier alpha value is -4.81. The van der Waals surface area contributed by atoms with Crippen LogP contribution in [0.15, 0.2) is 66.9 Å². The Morgan fingerprint density at radius 3 is 2.34 bits per heavy atom. The van der Waals surface area contributed by atoms with Crippen molar-refractivity contribution in [1.82, 2.24) is 35.2 Å². The molecule has 0 aliphatic carbocycles. The number of benzene rings is 3. The zero-order chi connectivity index (χ0) is 39.8. The summed E-state index contributed by atoms with van der Waals surface area (Å²) in [6.45, 7) is 11.5. The van der Waals surface area contributed by atoms with E-state index < -0.39 is 0 Å². The van der Waals surface area contributed by atoms with Crippen LogP contribution in [0.5, 0.6) is 0 Å². The Kier molecular flexibility index (Phi) is 13.8.